The largest absolute Gasteiger partial charge is 0.480 e. The Morgan fingerprint density at radius 1 is 1.12 bits per heavy atom. The summed E-state index contributed by atoms with van der Waals surface area (Å²) in [5.41, 5.74) is 4.76. The van der Waals surface area contributed by atoms with Gasteiger partial charge in [-0.3, -0.25) is 9.78 Å². The normalized spacial score (nSPS) is 10.4. The maximum absolute atomic E-state index is 10.8. The van der Waals surface area contributed by atoms with E-state index < -0.39 is 5.97 Å². The van der Waals surface area contributed by atoms with E-state index in [4.69, 9.17) is 5.11 Å². The molecule has 3 N–H and O–H groups in total. The van der Waals surface area contributed by atoms with Gasteiger partial charge in [0.15, 0.2) is 0 Å². The summed E-state index contributed by atoms with van der Waals surface area (Å²) >= 11 is 0. The van der Waals surface area contributed by atoms with Crippen molar-refractivity contribution in [2.24, 2.45) is 0 Å². The summed E-state index contributed by atoms with van der Waals surface area (Å²) < 4.78 is 0. The molecule has 3 rings (SSSR count). The first kappa shape index (κ1) is 17.3. The van der Waals surface area contributed by atoms with Gasteiger partial charge in [-0.15, -0.1) is 0 Å². The summed E-state index contributed by atoms with van der Waals surface area (Å²) in [6.07, 6.45) is 3.36. The number of aliphatic carboxylic acids is 1. The monoisotopic (exact) mass is 349 g/mol. The molecule has 0 spiro atoms. The van der Waals surface area contributed by atoms with Crippen molar-refractivity contribution in [1.82, 2.24) is 15.0 Å². The van der Waals surface area contributed by atoms with Gasteiger partial charge in [-0.05, 0) is 43.2 Å². The second kappa shape index (κ2) is 7.60. The lowest BCUT2D eigenvalue weighted by molar-refractivity contribution is -0.134. The highest BCUT2D eigenvalue weighted by Crippen LogP contribution is 2.25. The first-order valence-corrected chi connectivity index (χ1v) is 8.11. The topological polar surface area (TPSA) is 100 Å². The van der Waals surface area contributed by atoms with E-state index in [0.717, 1.165) is 16.8 Å². The highest BCUT2D eigenvalue weighted by molar-refractivity contribution is 5.73. The highest BCUT2D eigenvalue weighted by atomic mass is 16.4. The summed E-state index contributed by atoms with van der Waals surface area (Å²) in [7, 11) is 0. The third kappa shape index (κ3) is 4.13. The van der Waals surface area contributed by atoms with Gasteiger partial charge < -0.3 is 15.7 Å². The molecule has 26 heavy (non-hydrogen) atoms. The number of rotatable bonds is 6. The molecule has 2 heterocycles. The van der Waals surface area contributed by atoms with Crippen molar-refractivity contribution < 1.29 is 9.90 Å². The number of pyridine rings is 1. The summed E-state index contributed by atoms with van der Waals surface area (Å²) in [5.74, 6) is -0.158. The Morgan fingerprint density at radius 3 is 2.62 bits per heavy atom. The fourth-order valence-electron chi connectivity index (χ4n) is 2.44. The van der Waals surface area contributed by atoms with E-state index in [1.807, 2.05) is 50.2 Å². The van der Waals surface area contributed by atoms with Gasteiger partial charge in [-0.25, -0.2) is 4.98 Å². The van der Waals surface area contributed by atoms with Gasteiger partial charge in [0.1, 0.15) is 12.4 Å². The zero-order valence-corrected chi connectivity index (χ0v) is 14.5. The average molecular weight is 349 g/mol. The molecular weight excluding hydrogens is 330 g/mol. The van der Waals surface area contributed by atoms with Crippen LogP contribution in [0, 0.1) is 13.8 Å². The molecule has 0 atom stereocenters. The van der Waals surface area contributed by atoms with Gasteiger partial charge in [0.25, 0.3) is 0 Å². The maximum Gasteiger partial charge on any atom is 0.322 e. The number of aryl methyl sites for hydroxylation is 1. The van der Waals surface area contributed by atoms with Crippen LogP contribution in [0.5, 0.6) is 0 Å². The number of benzene rings is 1. The van der Waals surface area contributed by atoms with E-state index in [1.165, 1.54) is 5.56 Å². The maximum atomic E-state index is 10.8. The van der Waals surface area contributed by atoms with E-state index >= 15 is 0 Å². The zero-order valence-electron chi connectivity index (χ0n) is 14.5. The molecule has 0 bridgehead atoms. The molecule has 0 amide bonds. The van der Waals surface area contributed by atoms with Crippen molar-refractivity contribution in [2.75, 3.05) is 17.2 Å². The van der Waals surface area contributed by atoms with Crippen molar-refractivity contribution in [2.45, 2.75) is 13.8 Å². The second-order valence-electron chi connectivity index (χ2n) is 5.82. The van der Waals surface area contributed by atoms with Gasteiger partial charge in [0.2, 0.25) is 5.95 Å². The van der Waals surface area contributed by atoms with Crippen LogP contribution in [0.2, 0.25) is 0 Å². The summed E-state index contributed by atoms with van der Waals surface area (Å²) in [6.45, 7) is 3.82. The SMILES string of the molecule is Cc1cccc(Nc2cc(-c3ccncc3)nc(NCC(=O)O)n2)c1C. The van der Waals surface area contributed by atoms with Crippen LogP contribution >= 0.6 is 0 Å². The summed E-state index contributed by atoms with van der Waals surface area (Å²) in [6, 6.07) is 11.5. The highest BCUT2D eigenvalue weighted by Gasteiger charge is 2.09. The Labute approximate surface area is 151 Å². The van der Waals surface area contributed by atoms with Crippen LogP contribution in [0.3, 0.4) is 0 Å². The third-order valence-electron chi connectivity index (χ3n) is 3.97. The minimum Gasteiger partial charge on any atom is -0.480 e. The van der Waals surface area contributed by atoms with Gasteiger partial charge in [-0.1, -0.05) is 12.1 Å². The molecule has 0 aliphatic heterocycles. The number of carboxylic acid groups (broad SMARTS) is 1. The molecule has 132 valence electrons. The number of hydrogen-bond acceptors (Lipinski definition) is 6. The van der Waals surface area contributed by atoms with Gasteiger partial charge in [0, 0.05) is 29.7 Å². The summed E-state index contributed by atoms with van der Waals surface area (Å²) in [5, 5.41) is 14.9. The Bertz CT molecular complexity index is 928. The average Bonchev–Trinajstić information content (AvgIpc) is 2.64. The molecule has 0 aliphatic rings. The van der Waals surface area contributed by atoms with Crippen LogP contribution in [-0.2, 0) is 4.79 Å². The first-order chi connectivity index (χ1) is 12.5. The number of nitrogens with zero attached hydrogens (tertiary/aromatic N) is 3. The Kier molecular flexibility index (Phi) is 5.07. The van der Waals surface area contributed by atoms with E-state index in [1.54, 1.807) is 12.4 Å². The lowest BCUT2D eigenvalue weighted by Crippen LogP contribution is -2.15. The molecule has 0 saturated heterocycles. The van der Waals surface area contributed by atoms with Crippen molar-refractivity contribution in [3.05, 3.63) is 59.9 Å². The smallest absolute Gasteiger partial charge is 0.322 e. The molecular formula is C19H19N5O2. The predicted molar refractivity (Wildman–Crippen MR) is 101 cm³/mol. The van der Waals surface area contributed by atoms with E-state index in [0.29, 0.717) is 11.5 Å². The lowest BCUT2D eigenvalue weighted by atomic mass is 10.1. The van der Waals surface area contributed by atoms with Crippen LogP contribution in [0.15, 0.2) is 48.8 Å². The van der Waals surface area contributed by atoms with Gasteiger partial charge in [-0.2, -0.15) is 4.98 Å². The van der Waals surface area contributed by atoms with Crippen molar-refractivity contribution in [1.29, 1.82) is 0 Å². The molecule has 0 aliphatic carbocycles. The lowest BCUT2D eigenvalue weighted by Gasteiger charge is -2.13. The van der Waals surface area contributed by atoms with Crippen LogP contribution in [0.1, 0.15) is 11.1 Å². The molecule has 7 heteroatoms. The van der Waals surface area contributed by atoms with Gasteiger partial charge >= 0.3 is 5.97 Å². The third-order valence-corrected chi connectivity index (χ3v) is 3.97. The number of anilines is 3. The molecule has 1 aromatic carbocycles. The number of hydrogen-bond donors (Lipinski definition) is 3. The van der Waals surface area contributed by atoms with E-state index in [9.17, 15) is 4.79 Å². The molecule has 0 fully saturated rings. The molecule has 0 unspecified atom stereocenters. The molecule has 3 aromatic rings. The number of aromatic nitrogens is 3. The number of carbonyl (C=O) groups is 1. The molecule has 0 saturated carbocycles. The first-order valence-electron chi connectivity index (χ1n) is 8.11. The Morgan fingerprint density at radius 2 is 1.88 bits per heavy atom. The quantitative estimate of drug-likeness (QED) is 0.627. The summed E-state index contributed by atoms with van der Waals surface area (Å²) in [4.78, 5) is 23.6. The van der Waals surface area contributed by atoms with E-state index in [-0.39, 0.29) is 12.5 Å². The Balaban J connectivity index is 1.99. The molecule has 2 aromatic heterocycles. The van der Waals surface area contributed by atoms with Crippen LogP contribution in [-0.4, -0.2) is 32.6 Å². The second-order valence-corrected chi connectivity index (χ2v) is 5.82. The molecule has 0 radical (unpaired) electrons. The van der Waals surface area contributed by atoms with Crippen LogP contribution in [0.4, 0.5) is 17.5 Å². The van der Waals surface area contributed by atoms with Gasteiger partial charge in [0.05, 0.1) is 5.69 Å². The standard InChI is InChI=1S/C19H19N5O2/c1-12-4-3-5-15(13(12)2)22-17-10-16(14-6-8-20-9-7-14)23-19(24-17)21-11-18(25)26/h3-10H,11H2,1-2H3,(H,25,26)(H2,21,22,23,24). The van der Waals surface area contributed by atoms with Crippen molar-refractivity contribution in [3.8, 4) is 11.3 Å². The minimum atomic E-state index is -0.980. The van der Waals surface area contributed by atoms with Crippen LogP contribution < -0.4 is 10.6 Å². The van der Waals surface area contributed by atoms with E-state index in [2.05, 4.69) is 25.6 Å². The number of carboxylic acids is 1. The Hall–Kier alpha value is -3.48. The minimum absolute atomic E-state index is 0.245. The predicted octanol–water partition coefficient (Wildman–Crippen LogP) is 3.40. The zero-order chi connectivity index (χ0) is 18.5. The van der Waals surface area contributed by atoms with Crippen molar-refractivity contribution >= 4 is 23.4 Å². The fraction of sp³-hybridized carbons (Fsp3) is 0.158. The van der Waals surface area contributed by atoms with Crippen LogP contribution in [0.25, 0.3) is 11.3 Å². The van der Waals surface area contributed by atoms with Crippen molar-refractivity contribution in [3.63, 3.8) is 0 Å². The molecule has 7 nitrogen and oxygen atoms in total. The number of nitrogens with one attached hydrogen (secondary N) is 2. The fourth-order valence-corrected chi connectivity index (χ4v) is 2.44.